The number of likely N-dealkylation sites (tertiary alicyclic amines) is 1. The maximum Gasteiger partial charge on any atom is 0.300 e. The Bertz CT molecular complexity index is 1450. The first-order valence-corrected chi connectivity index (χ1v) is 15.9. The van der Waals surface area contributed by atoms with Crippen LogP contribution in [0.15, 0.2) is 54.6 Å². The molecule has 10 heteroatoms. The summed E-state index contributed by atoms with van der Waals surface area (Å²) in [7, 11) is 1.84. The van der Waals surface area contributed by atoms with E-state index in [0.29, 0.717) is 33.8 Å². The number of fused-ring (bicyclic) bond motifs is 1. The van der Waals surface area contributed by atoms with Crippen LogP contribution in [0.3, 0.4) is 0 Å². The van der Waals surface area contributed by atoms with Gasteiger partial charge in [-0.25, -0.2) is 0 Å². The number of thioether (sulfide) groups is 1. The summed E-state index contributed by atoms with van der Waals surface area (Å²) in [6.07, 6.45) is 0.914. The second-order valence-corrected chi connectivity index (χ2v) is 12.8. The number of benzene rings is 3. The molecule has 0 bridgehead atoms. The van der Waals surface area contributed by atoms with Crippen molar-refractivity contribution in [1.82, 2.24) is 14.7 Å². The summed E-state index contributed by atoms with van der Waals surface area (Å²) < 4.78 is 0. The van der Waals surface area contributed by atoms with Gasteiger partial charge >= 0.3 is 0 Å². The normalized spacial score (nSPS) is 16.5. The Labute approximate surface area is 262 Å². The number of amides is 1. The molecule has 2 heterocycles. The second-order valence-electron chi connectivity index (χ2n) is 10.8. The Balaban J connectivity index is 0.000000952. The minimum Gasteiger partial charge on any atom is -0.481 e. The van der Waals surface area contributed by atoms with E-state index >= 15 is 0 Å². The lowest BCUT2D eigenvalue weighted by molar-refractivity contribution is -0.134. The van der Waals surface area contributed by atoms with E-state index in [2.05, 4.69) is 27.6 Å². The molecule has 3 aromatic carbocycles. The third kappa shape index (κ3) is 8.40. The summed E-state index contributed by atoms with van der Waals surface area (Å²) >= 11 is 14.7. The van der Waals surface area contributed by atoms with Crippen LogP contribution in [0.1, 0.15) is 40.7 Å². The van der Waals surface area contributed by atoms with Crippen LogP contribution in [0.4, 0.5) is 0 Å². The van der Waals surface area contributed by atoms with Crippen molar-refractivity contribution < 1.29 is 14.7 Å². The maximum atomic E-state index is 13.7. The van der Waals surface area contributed by atoms with Crippen LogP contribution in [0.2, 0.25) is 10.0 Å². The molecule has 2 fully saturated rings. The minimum atomic E-state index is -0.833. The monoisotopic (exact) mass is 626 g/mol. The number of hydrogen-bond acceptors (Lipinski definition) is 6. The first kappa shape index (κ1) is 32.1. The van der Waals surface area contributed by atoms with Gasteiger partial charge in [-0.3, -0.25) is 14.5 Å². The molecule has 1 N–H and O–H groups in total. The molecule has 42 heavy (non-hydrogen) atoms. The van der Waals surface area contributed by atoms with E-state index in [1.807, 2.05) is 55.6 Å². The van der Waals surface area contributed by atoms with Crippen LogP contribution in [0.5, 0.6) is 0 Å². The molecule has 5 rings (SSSR count). The molecule has 7 nitrogen and oxygen atoms in total. The number of carbonyl (C=O) groups excluding carboxylic acids is 1. The lowest BCUT2D eigenvalue weighted by atomic mass is 9.93. The van der Waals surface area contributed by atoms with Gasteiger partial charge < -0.3 is 14.9 Å². The van der Waals surface area contributed by atoms with E-state index in [4.69, 9.17) is 33.1 Å². The number of hydrogen-bond donors (Lipinski definition) is 1. The molecular formula is C32H36Cl2N4O3S. The smallest absolute Gasteiger partial charge is 0.300 e. The molecule has 0 aromatic heterocycles. The van der Waals surface area contributed by atoms with Crippen LogP contribution < -0.4 is 0 Å². The van der Waals surface area contributed by atoms with Gasteiger partial charge in [0, 0.05) is 75.7 Å². The number of carboxylic acids is 1. The van der Waals surface area contributed by atoms with Crippen LogP contribution in [0, 0.1) is 11.3 Å². The van der Waals surface area contributed by atoms with Crippen LogP contribution in [0.25, 0.3) is 10.8 Å². The summed E-state index contributed by atoms with van der Waals surface area (Å²) in [4.78, 5) is 29.6. The minimum absolute atomic E-state index is 0.0876. The first-order chi connectivity index (χ1) is 20.2. The summed E-state index contributed by atoms with van der Waals surface area (Å²) in [5.74, 6) is 1.66. The predicted molar refractivity (Wildman–Crippen MR) is 172 cm³/mol. The highest BCUT2D eigenvalue weighted by atomic mass is 35.5. The van der Waals surface area contributed by atoms with Crippen molar-refractivity contribution in [2.24, 2.45) is 0 Å². The summed E-state index contributed by atoms with van der Waals surface area (Å²) in [5.41, 5.74) is 2.13. The Morgan fingerprint density at radius 1 is 1.10 bits per heavy atom. The van der Waals surface area contributed by atoms with E-state index in [9.17, 15) is 10.1 Å². The molecule has 3 aromatic rings. The summed E-state index contributed by atoms with van der Waals surface area (Å²) in [6.45, 7) is 7.22. The largest absolute Gasteiger partial charge is 0.481 e. The van der Waals surface area contributed by atoms with E-state index in [0.717, 1.165) is 49.3 Å². The van der Waals surface area contributed by atoms with Crippen LogP contribution in [-0.2, 0) is 4.79 Å². The van der Waals surface area contributed by atoms with Gasteiger partial charge in [0.1, 0.15) is 0 Å². The van der Waals surface area contributed by atoms with Gasteiger partial charge in [0.15, 0.2) is 0 Å². The van der Waals surface area contributed by atoms with E-state index in [1.54, 1.807) is 11.0 Å². The third-order valence-corrected chi connectivity index (χ3v) is 9.45. The number of carbonyl (C=O) groups is 2. The van der Waals surface area contributed by atoms with Gasteiger partial charge in [-0.1, -0.05) is 53.5 Å². The van der Waals surface area contributed by atoms with E-state index in [1.165, 1.54) is 24.6 Å². The fraction of sp³-hybridized carbons (Fsp3) is 0.406. The van der Waals surface area contributed by atoms with E-state index in [-0.39, 0.29) is 11.8 Å². The van der Waals surface area contributed by atoms with Crippen molar-refractivity contribution >= 4 is 57.6 Å². The summed E-state index contributed by atoms with van der Waals surface area (Å²) in [5, 5.41) is 19.8. The molecule has 0 aliphatic carbocycles. The van der Waals surface area contributed by atoms with Crippen molar-refractivity contribution in [3.8, 4) is 6.07 Å². The highest BCUT2D eigenvalue weighted by molar-refractivity contribution is 7.99. The molecule has 1 amide bonds. The average Bonchev–Trinajstić information content (AvgIpc) is 2.96. The highest BCUT2D eigenvalue weighted by Gasteiger charge is 2.32. The Kier molecular flexibility index (Phi) is 11.5. The number of aliphatic carboxylic acids is 1. The SMILES string of the molecule is CC(=O)O.CN(CC(CCN1CC(N2CCSCC2)C1)c1ccc(Cl)c(Cl)c1)C(=O)c1cc(C#N)cc2ccccc12. The van der Waals surface area contributed by atoms with Crippen LogP contribution >= 0.6 is 35.0 Å². The van der Waals surface area contributed by atoms with Crippen molar-refractivity contribution in [2.75, 3.05) is 57.8 Å². The Hall–Kier alpha value is -2.80. The molecule has 0 spiro atoms. The van der Waals surface area contributed by atoms with Crippen molar-refractivity contribution in [2.45, 2.75) is 25.3 Å². The molecule has 222 valence electrons. The zero-order valence-electron chi connectivity index (χ0n) is 23.9. The van der Waals surface area contributed by atoms with Crippen molar-refractivity contribution in [3.05, 3.63) is 81.3 Å². The highest BCUT2D eigenvalue weighted by Crippen LogP contribution is 2.31. The number of likely N-dealkylation sites (N-methyl/N-ethyl adjacent to an activating group) is 1. The molecular weight excluding hydrogens is 591 g/mol. The Morgan fingerprint density at radius 3 is 2.45 bits per heavy atom. The molecule has 1 unspecified atom stereocenters. The number of halogens is 2. The van der Waals surface area contributed by atoms with Gasteiger partial charge in [0.2, 0.25) is 0 Å². The molecule has 1 atom stereocenters. The number of carboxylic acid groups (broad SMARTS) is 1. The van der Waals surface area contributed by atoms with E-state index < -0.39 is 5.97 Å². The zero-order valence-corrected chi connectivity index (χ0v) is 26.3. The molecule has 2 aliphatic rings. The van der Waals surface area contributed by atoms with Gasteiger partial charge in [0.05, 0.1) is 21.7 Å². The topological polar surface area (TPSA) is 87.9 Å². The Morgan fingerprint density at radius 2 is 1.79 bits per heavy atom. The lowest BCUT2D eigenvalue weighted by Gasteiger charge is -2.47. The summed E-state index contributed by atoms with van der Waals surface area (Å²) in [6, 6.07) is 19.9. The van der Waals surface area contributed by atoms with Gasteiger partial charge in [-0.15, -0.1) is 0 Å². The lowest BCUT2D eigenvalue weighted by Crippen LogP contribution is -2.61. The molecule has 2 saturated heterocycles. The predicted octanol–water partition coefficient (Wildman–Crippen LogP) is 6.09. The molecule has 0 saturated carbocycles. The first-order valence-electron chi connectivity index (χ1n) is 14.0. The third-order valence-electron chi connectivity index (χ3n) is 7.77. The fourth-order valence-corrected chi connectivity index (χ4v) is 6.78. The quantitative estimate of drug-likeness (QED) is 0.324. The zero-order chi connectivity index (χ0) is 30.2. The van der Waals surface area contributed by atoms with Gasteiger partial charge in [-0.2, -0.15) is 17.0 Å². The maximum absolute atomic E-state index is 13.7. The van der Waals surface area contributed by atoms with Gasteiger partial charge in [-0.05, 0) is 53.6 Å². The average molecular weight is 628 g/mol. The number of nitrogens with zero attached hydrogens (tertiary/aromatic N) is 4. The van der Waals surface area contributed by atoms with Crippen LogP contribution in [-0.4, -0.2) is 95.5 Å². The number of nitriles is 1. The standard InChI is InChI=1S/C30H32Cl2N4OS.C2H4O2/c1-34(30(37)27-15-21(17-33)14-23-4-2-3-5-26(23)27)18-24(22-6-7-28(31)29(32)16-22)8-9-35-19-25(20-35)36-10-12-38-13-11-36;1-2(3)4/h2-7,14-16,24-25H,8-13,18-20H2,1H3;1H3,(H,3,4). The molecule has 2 aliphatic heterocycles. The van der Waals surface area contributed by atoms with Crippen molar-refractivity contribution in [1.29, 1.82) is 5.26 Å². The second kappa shape index (κ2) is 15.1. The fourth-order valence-electron chi connectivity index (χ4n) is 5.54. The number of rotatable bonds is 8. The molecule has 0 radical (unpaired) electrons. The van der Waals surface area contributed by atoms with Crippen molar-refractivity contribution in [3.63, 3.8) is 0 Å². The van der Waals surface area contributed by atoms with Gasteiger partial charge in [0.25, 0.3) is 11.9 Å².